The van der Waals surface area contributed by atoms with Crippen LogP contribution in [-0.2, 0) is 20.9 Å². The molecule has 370 valence electrons. The van der Waals surface area contributed by atoms with Crippen molar-refractivity contribution in [2.45, 2.75) is 140 Å². The summed E-state index contributed by atoms with van der Waals surface area (Å²) in [6.45, 7) is 7.17. The summed E-state index contributed by atoms with van der Waals surface area (Å²) in [5, 5.41) is 24.9. The molecule has 6 unspecified atom stereocenters. The molecule has 0 saturated heterocycles. The molecule has 2 aliphatic carbocycles. The summed E-state index contributed by atoms with van der Waals surface area (Å²) in [7, 11) is 3.28. The Morgan fingerprint density at radius 2 is 1.57 bits per heavy atom. The SMILES string of the molecule is C=CCOC12Oc3ccc(Oc4ccc(OC)c(C=O)c4)cc3C3C(CCCCO)C(CCCCO)C=C(C(=NOCc4ccccc4)CC1N(C)C(=O)OCCCCCCCCCCCC)C32. The van der Waals surface area contributed by atoms with Gasteiger partial charge in [0.2, 0.25) is 5.79 Å². The first-order chi connectivity index (χ1) is 33.3. The number of aldehydes is 1. The maximum Gasteiger partial charge on any atom is 0.409 e. The number of likely N-dealkylation sites (N-methyl/N-ethyl adjacent to an activating group) is 1. The molecular weight excluding hydrogens is 861 g/mol. The highest BCUT2D eigenvalue weighted by Crippen LogP contribution is 2.62. The fourth-order valence-electron chi connectivity index (χ4n) is 10.5. The normalized spacial score (nSPS) is 22.0. The number of ether oxygens (including phenoxy) is 5. The summed E-state index contributed by atoms with van der Waals surface area (Å²) in [5.74, 6) is 0.0122. The van der Waals surface area contributed by atoms with Crippen LogP contribution in [0.3, 0.4) is 0 Å². The number of unbranched alkanes of at least 4 members (excludes halogenated alkanes) is 11. The lowest BCUT2D eigenvalue weighted by Crippen LogP contribution is -2.69. The first-order valence-electron chi connectivity index (χ1n) is 25.3. The zero-order chi connectivity index (χ0) is 48.1. The summed E-state index contributed by atoms with van der Waals surface area (Å²) >= 11 is 0. The van der Waals surface area contributed by atoms with Crippen LogP contribution in [0.25, 0.3) is 0 Å². The molecule has 12 nitrogen and oxygen atoms in total. The van der Waals surface area contributed by atoms with Crippen LogP contribution in [0.5, 0.6) is 23.0 Å². The summed E-state index contributed by atoms with van der Waals surface area (Å²) < 4.78 is 32.3. The molecule has 6 rings (SSSR count). The molecule has 0 bridgehead atoms. The van der Waals surface area contributed by atoms with Crippen LogP contribution in [-0.4, -0.2) is 85.6 Å². The molecular formula is C56H76N2O10. The number of methoxy groups -OCH3 is 1. The van der Waals surface area contributed by atoms with Crippen molar-refractivity contribution in [2.75, 3.05) is 40.6 Å². The Bertz CT molecular complexity index is 2110. The number of allylic oxidation sites excluding steroid dienone is 1. The van der Waals surface area contributed by atoms with Crippen LogP contribution in [0.15, 0.2) is 96.2 Å². The van der Waals surface area contributed by atoms with Gasteiger partial charge in [0.1, 0.15) is 35.6 Å². The summed E-state index contributed by atoms with van der Waals surface area (Å²) in [4.78, 5) is 34.1. The van der Waals surface area contributed by atoms with Crippen molar-refractivity contribution in [1.29, 1.82) is 0 Å². The van der Waals surface area contributed by atoms with Crippen molar-refractivity contribution in [3.05, 3.63) is 108 Å². The van der Waals surface area contributed by atoms with Crippen molar-refractivity contribution in [3.63, 3.8) is 0 Å². The Hall–Kier alpha value is -5.17. The molecule has 1 aliphatic heterocycles. The van der Waals surface area contributed by atoms with E-state index in [1.807, 2.05) is 48.5 Å². The quantitative estimate of drug-likeness (QED) is 0.0287. The molecule has 12 heteroatoms. The fourth-order valence-corrected chi connectivity index (χ4v) is 10.5. The third kappa shape index (κ3) is 13.3. The number of aliphatic hydroxyl groups excluding tert-OH is 2. The number of nitrogens with zero attached hydrogens (tertiary/aromatic N) is 2. The number of carbonyl (C=O) groups is 2. The molecule has 1 fully saturated rings. The van der Waals surface area contributed by atoms with Crippen molar-refractivity contribution < 1.29 is 48.3 Å². The minimum Gasteiger partial charge on any atom is -0.496 e. The molecule has 3 aromatic rings. The highest BCUT2D eigenvalue weighted by Gasteiger charge is 2.65. The van der Waals surface area contributed by atoms with E-state index < -0.39 is 23.8 Å². The molecule has 1 heterocycles. The summed E-state index contributed by atoms with van der Waals surface area (Å²) in [6.07, 6.45) is 20.9. The number of fused-ring (bicyclic) bond motifs is 2. The number of amides is 1. The van der Waals surface area contributed by atoms with Gasteiger partial charge in [0, 0.05) is 38.2 Å². The second-order valence-corrected chi connectivity index (χ2v) is 18.6. The smallest absolute Gasteiger partial charge is 0.409 e. The van der Waals surface area contributed by atoms with Gasteiger partial charge < -0.3 is 43.6 Å². The van der Waals surface area contributed by atoms with Gasteiger partial charge in [0.05, 0.1) is 37.5 Å². The van der Waals surface area contributed by atoms with E-state index in [0.29, 0.717) is 53.7 Å². The van der Waals surface area contributed by atoms with E-state index in [4.69, 9.17) is 33.7 Å². The number of oxime groups is 1. The van der Waals surface area contributed by atoms with E-state index in [1.165, 1.54) is 52.1 Å². The zero-order valence-electron chi connectivity index (χ0n) is 40.8. The number of carbonyl (C=O) groups excluding carboxylic acids is 2. The Balaban J connectivity index is 1.40. The van der Waals surface area contributed by atoms with Gasteiger partial charge in [-0.25, -0.2) is 4.79 Å². The lowest BCUT2D eigenvalue weighted by molar-refractivity contribution is -0.253. The van der Waals surface area contributed by atoms with Crippen molar-refractivity contribution in [2.24, 2.45) is 22.9 Å². The fraction of sp³-hybridized carbons (Fsp3) is 0.554. The molecule has 68 heavy (non-hydrogen) atoms. The molecule has 0 aromatic heterocycles. The summed E-state index contributed by atoms with van der Waals surface area (Å²) in [6, 6.07) is 20.1. The molecule has 2 N–H and O–H groups in total. The number of hydrogen-bond acceptors (Lipinski definition) is 11. The molecule has 1 saturated carbocycles. The maximum atomic E-state index is 14.3. The standard InChI is InChI=1S/C56H76N2O10/c1-5-7-8-9-10-11-12-13-14-22-34-64-55(62)58(3)52-38-49(57-66-40-41-23-16-15-17-24-41)47-36-42(25-18-20-31-59)46(26-19-21-32-60)53-48-37-45(67-44-27-29-50(63-4)43(35-44)39-61)28-30-51(48)68-56(52,54(47)53)65-33-6-2/h6,15-17,23-24,27-30,35-37,39,42,46,52-54,59-60H,2,5,7-14,18-22,25-26,31-34,38,40H2,1,3-4H3. The van der Waals surface area contributed by atoms with Crippen LogP contribution in [0.1, 0.15) is 143 Å². The number of rotatable bonds is 30. The Morgan fingerprint density at radius 1 is 0.882 bits per heavy atom. The van der Waals surface area contributed by atoms with Crippen LogP contribution < -0.4 is 14.2 Å². The minimum absolute atomic E-state index is 0.0279. The molecule has 0 spiro atoms. The Morgan fingerprint density at radius 3 is 2.26 bits per heavy atom. The molecule has 6 atom stereocenters. The van der Waals surface area contributed by atoms with E-state index in [-0.39, 0.29) is 50.6 Å². The second kappa shape index (κ2) is 27.1. The first kappa shape index (κ1) is 52.2. The summed E-state index contributed by atoms with van der Waals surface area (Å²) in [5.41, 5.74) is 3.89. The largest absolute Gasteiger partial charge is 0.496 e. The van der Waals surface area contributed by atoms with Gasteiger partial charge in [-0.3, -0.25) is 4.79 Å². The van der Waals surface area contributed by atoms with Gasteiger partial charge in [-0.15, -0.1) is 6.58 Å². The van der Waals surface area contributed by atoms with Gasteiger partial charge in [0.15, 0.2) is 6.29 Å². The van der Waals surface area contributed by atoms with E-state index in [0.717, 1.165) is 67.9 Å². The van der Waals surface area contributed by atoms with E-state index in [9.17, 15) is 19.8 Å². The average Bonchev–Trinajstić information content (AvgIpc) is 3.36. The average molecular weight is 937 g/mol. The van der Waals surface area contributed by atoms with Crippen molar-refractivity contribution in [1.82, 2.24) is 4.90 Å². The number of aliphatic hydroxyl groups is 2. The first-order valence-corrected chi connectivity index (χ1v) is 25.3. The topological polar surface area (TPSA) is 146 Å². The van der Waals surface area contributed by atoms with Crippen LogP contribution >= 0.6 is 0 Å². The van der Waals surface area contributed by atoms with Gasteiger partial charge in [-0.2, -0.15) is 0 Å². The van der Waals surface area contributed by atoms with E-state index in [1.54, 1.807) is 36.2 Å². The predicted octanol–water partition coefficient (Wildman–Crippen LogP) is 12.1. The van der Waals surface area contributed by atoms with Gasteiger partial charge in [0.25, 0.3) is 0 Å². The number of benzene rings is 3. The van der Waals surface area contributed by atoms with E-state index >= 15 is 0 Å². The molecule has 3 aromatic carbocycles. The number of hydrogen-bond donors (Lipinski definition) is 2. The van der Waals surface area contributed by atoms with Crippen molar-refractivity contribution in [3.8, 4) is 23.0 Å². The maximum absolute atomic E-state index is 14.3. The second-order valence-electron chi connectivity index (χ2n) is 18.6. The Labute approximate surface area is 404 Å². The molecule has 3 aliphatic rings. The molecule has 1 amide bonds. The Kier molecular flexibility index (Phi) is 20.8. The highest BCUT2D eigenvalue weighted by atomic mass is 16.7. The highest BCUT2D eigenvalue weighted by molar-refractivity contribution is 6.03. The lowest BCUT2D eigenvalue weighted by Gasteiger charge is -2.59. The van der Waals surface area contributed by atoms with Gasteiger partial charge in [-0.1, -0.05) is 125 Å². The van der Waals surface area contributed by atoms with E-state index in [2.05, 4.69) is 19.6 Å². The predicted molar refractivity (Wildman–Crippen MR) is 266 cm³/mol. The van der Waals surface area contributed by atoms with Crippen LogP contribution in [0.2, 0.25) is 0 Å². The monoisotopic (exact) mass is 937 g/mol. The third-order valence-electron chi connectivity index (χ3n) is 13.9. The van der Waals surface area contributed by atoms with Gasteiger partial charge >= 0.3 is 6.09 Å². The van der Waals surface area contributed by atoms with Crippen LogP contribution in [0.4, 0.5) is 4.79 Å². The zero-order valence-corrected chi connectivity index (χ0v) is 40.8. The van der Waals surface area contributed by atoms with Crippen molar-refractivity contribution >= 4 is 18.1 Å². The third-order valence-corrected chi connectivity index (χ3v) is 13.9. The van der Waals surface area contributed by atoms with Gasteiger partial charge in [-0.05, 0) is 91.5 Å². The lowest BCUT2D eigenvalue weighted by atomic mass is 9.55. The van der Waals surface area contributed by atoms with Crippen LogP contribution in [0, 0.1) is 17.8 Å². The molecule has 0 radical (unpaired) electrons. The minimum atomic E-state index is -1.41.